The Balaban J connectivity index is 1.79. The van der Waals surface area contributed by atoms with E-state index < -0.39 is 0 Å². The molecule has 4 nitrogen and oxygen atoms in total. The van der Waals surface area contributed by atoms with Gasteiger partial charge in [0.25, 0.3) is 0 Å². The molecular formula is C22H16N4. The quantitative estimate of drug-likeness (QED) is 0.499. The summed E-state index contributed by atoms with van der Waals surface area (Å²) in [5, 5.41) is 10.2. The predicted octanol–water partition coefficient (Wildman–Crippen LogP) is 5.08. The van der Waals surface area contributed by atoms with Gasteiger partial charge in [-0.25, -0.2) is 0 Å². The van der Waals surface area contributed by atoms with Crippen molar-refractivity contribution in [2.75, 3.05) is 0 Å². The van der Waals surface area contributed by atoms with Crippen LogP contribution in [0.5, 0.6) is 0 Å². The van der Waals surface area contributed by atoms with Crippen molar-refractivity contribution in [2.45, 2.75) is 0 Å². The molecule has 0 saturated carbocycles. The molecule has 0 fully saturated rings. The molecule has 26 heavy (non-hydrogen) atoms. The summed E-state index contributed by atoms with van der Waals surface area (Å²) in [6, 6.07) is 30.7. The molecule has 0 aliphatic heterocycles. The van der Waals surface area contributed by atoms with E-state index in [-0.39, 0.29) is 0 Å². The van der Waals surface area contributed by atoms with Crippen LogP contribution in [0.1, 0.15) is 0 Å². The highest BCUT2D eigenvalue weighted by molar-refractivity contribution is 5.83. The molecule has 0 saturated heterocycles. The first-order valence-corrected chi connectivity index (χ1v) is 8.54. The Bertz CT molecular complexity index is 1080. The third-order valence-electron chi connectivity index (χ3n) is 4.48. The lowest BCUT2D eigenvalue weighted by molar-refractivity contribution is 1.03. The standard InChI is InChI=1S/C22H16N4/c1-3-9-16(10-4-1)21-24-25-22(17-11-5-2-6-12-17)26(21)20-15-18-13-7-8-14-19(18)23-20/h1-15,23H. The van der Waals surface area contributed by atoms with Gasteiger partial charge in [0, 0.05) is 22.0 Å². The van der Waals surface area contributed by atoms with Crippen molar-refractivity contribution in [3.8, 4) is 28.6 Å². The highest BCUT2D eigenvalue weighted by Crippen LogP contribution is 2.29. The Labute approximate surface area is 150 Å². The number of hydrogen-bond acceptors (Lipinski definition) is 2. The number of hydrogen-bond donors (Lipinski definition) is 1. The summed E-state index contributed by atoms with van der Waals surface area (Å²) in [7, 11) is 0. The number of fused-ring (bicyclic) bond motifs is 1. The summed E-state index contributed by atoms with van der Waals surface area (Å²) in [6.07, 6.45) is 0. The maximum absolute atomic E-state index is 4.50. The van der Waals surface area contributed by atoms with Crippen molar-refractivity contribution in [1.82, 2.24) is 19.7 Å². The number of H-pyrrole nitrogens is 1. The third kappa shape index (κ3) is 2.40. The average molecular weight is 336 g/mol. The van der Waals surface area contributed by atoms with Gasteiger partial charge in [-0.05, 0) is 12.1 Å². The Kier molecular flexibility index (Phi) is 3.39. The molecule has 5 aromatic rings. The molecule has 0 atom stereocenters. The molecule has 1 N–H and O–H groups in total. The van der Waals surface area contributed by atoms with Crippen molar-refractivity contribution in [3.63, 3.8) is 0 Å². The van der Waals surface area contributed by atoms with E-state index in [9.17, 15) is 0 Å². The lowest BCUT2D eigenvalue weighted by Gasteiger charge is -2.08. The van der Waals surface area contributed by atoms with E-state index >= 15 is 0 Å². The van der Waals surface area contributed by atoms with Gasteiger partial charge in [-0.1, -0.05) is 78.9 Å². The largest absolute Gasteiger partial charge is 0.341 e. The van der Waals surface area contributed by atoms with Crippen LogP contribution >= 0.6 is 0 Å². The van der Waals surface area contributed by atoms with Crippen LogP contribution in [0.2, 0.25) is 0 Å². The van der Waals surface area contributed by atoms with E-state index in [0.29, 0.717) is 0 Å². The average Bonchev–Trinajstić information content (AvgIpc) is 3.33. The minimum atomic E-state index is 0.816. The highest BCUT2D eigenvalue weighted by atomic mass is 15.3. The Morgan fingerprint density at radius 2 is 1.15 bits per heavy atom. The summed E-state index contributed by atoms with van der Waals surface area (Å²) in [5.41, 5.74) is 3.15. The van der Waals surface area contributed by atoms with Gasteiger partial charge in [0.15, 0.2) is 11.6 Å². The summed E-state index contributed by atoms with van der Waals surface area (Å²) >= 11 is 0. The monoisotopic (exact) mass is 336 g/mol. The number of aromatic nitrogens is 4. The van der Waals surface area contributed by atoms with Gasteiger partial charge in [0.2, 0.25) is 0 Å². The number of nitrogens with zero attached hydrogens (tertiary/aromatic N) is 3. The van der Waals surface area contributed by atoms with E-state index in [1.165, 1.54) is 0 Å². The Morgan fingerprint density at radius 1 is 0.615 bits per heavy atom. The Hall–Kier alpha value is -3.66. The van der Waals surface area contributed by atoms with E-state index in [1.54, 1.807) is 0 Å². The van der Waals surface area contributed by atoms with Gasteiger partial charge in [0.05, 0.1) is 0 Å². The van der Waals surface area contributed by atoms with Crippen molar-refractivity contribution in [1.29, 1.82) is 0 Å². The number of rotatable bonds is 3. The van der Waals surface area contributed by atoms with Crippen LogP contribution < -0.4 is 0 Å². The van der Waals surface area contributed by atoms with Gasteiger partial charge in [0.1, 0.15) is 5.82 Å². The van der Waals surface area contributed by atoms with Crippen molar-refractivity contribution >= 4 is 10.9 Å². The third-order valence-corrected chi connectivity index (χ3v) is 4.48. The maximum atomic E-state index is 4.50. The lowest BCUT2D eigenvalue weighted by Crippen LogP contribution is -2.00. The molecule has 0 unspecified atom stereocenters. The topological polar surface area (TPSA) is 46.5 Å². The van der Waals surface area contributed by atoms with Gasteiger partial charge < -0.3 is 4.98 Å². The molecule has 2 heterocycles. The van der Waals surface area contributed by atoms with Crippen LogP contribution in [0.15, 0.2) is 91.0 Å². The maximum Gasteiger partial charge on any atom is 0.170 e. The van der Waals surface area contributed by atoms with Crippen molar-refractivity contribution < 1.29 is 0 Å². The fourth-order valence-electron chi connectivity index (χ4n) is 3.24. The number of aromatic amines is 1. The number of nitrogens with one attached hydrogen (secondary N) is 1. The zero-order chi connectivity index (χ0) is 17.3. The van der Waals surface area contributed by atoms with Crippen molar-refractivity contribution in [3.05, 3.63) is 91.0 Å². The van der Waals surface area contributed by atoms with Crippen LogP contribution in [0.3, 0.4) is 0 Å². The van der Waals surface area contributed by atoms with Crippen LogP contribution in [-0.2, 0) is 0 Å². The Morgan fingerprint density at radius 3 is 1.73 bits per heavy atom. The second-order valence-corrected chi connectivity index (χ2v) is 6.16. The summed E-state index contributed by atoms with van der Waals surface area (Å²) in [4.78, 5) is 3.50. The zero-order valence-corrected chi connectivity index (χ0v) is 14.0. The molecule has 0 bridgehead atoms. The molecule has 124 valence electrons. The molecule has 3 aromatic carbocycles. The smallest absolute Gasteiger partial charge is 0.170 e. The predicted molar refractivity (Wildman–Crippen MR) is 104 cm³/mol. The van der Waals surface area contributed by atoms with E-state index in [4.69, 9.17) is 0 Å². The molecule has 4 heteroatoms. The second kappa shape index (κ2) is 6.01. The van der Waals surface area contributed by atoms with Crippen LogP contribution in [0.4, 0.5) is 0 Å². The second-order valence-electron chi connectivity index (χ2n) is 6.16. The first kappa shape index (κ1) is 14.7. The summed E-state index contributed by atoms with van der Waals surface area (Å²) in [6.45, 7) is 0. The normalized spacial score (nSPS) is 11.1. The first-order valence-electron chi connectivity index (χ1n) is 8.54. The first-order chi connectivity index (χ1) is 12.9. The lowest BCUT2D eigenvalue weighted by atomic mass is 10.2. The van der Waals surface area contributed by atoms with Gasteiger partial charge in [-0.3, -0.25) is 4.57 Å². The van der Waals surface area contributed by atoms with Gasteiger partial charge >= 0.3 is 0 Å². The molecule has 5 rings (SSSR count). The molecule has 0 radical (unpaired) electrons. The molecule has 0 amide bonds. The van der Waals surface area contributed by atoms with Crippen LogP contribution in [0, 0.1) is 0 Å². The fourth-order valence-corrected chi connectivity index (χ4v) is 3.24. The fraction of sp³-hybridized carbons (Fsp3) is 0. The van der Waals surface area contributed by atoms with E-state index in [0.717, 1.165) is 39.5 Å². The molecule has 0 spiro atoms. The van der Waals surface area contributed by atoms with E-state index in [2.05, 4.69) is 62.2 Å². The molecular weight excluding hydrogens is 320 g/mol. The zero-order valence-electron chi connectivity index (χ0n) is 14.0. The SMILES string of the molecule is c1ccc(-c2nnc(-c3ccccc3)n2-c2cc3ccccc3[nH]2)cc1. The summed E-state index contributed by atoms with van der Waals surface area (Å²) in [5.74, 6) is 2.58. The van der Waals surface area contributed by atoms with Gasteiger partial charge in [-0.2, -0.15) is 0 Å². The molecule has 0 aliphatic carbocycles. The van der Waals surface area contributed by atoms with Gasteiger partial charge in [-0.15, -0.1) is 10.2 Å². The minimum Gasteiger partial charge on any atom is -0.341 e. The van der Waals surface area contributed by atoms with E-state index in [1.807, 2.05) is 48.5 Å². The van der Waals surface area contributed by atoms with Crippen LogP contribution in [0.25, 0.3) is 39.5 Å². The number of para-hydroxylation sites is 1. The minimum absolute atomic E-state index is 0.816. The van der Waals surface area contributed by atoms with Crippen molar-refractivity contribution in [2.24, 2.45) is 0 Å². The summed E-state index contributed by atoms with van der Waals surface area (Å²) < 4.78 is 2.09. The molecule has 0 aliphatic rings. The molecule has 2 aromatic heterocycles. The highest BCUT2D eigenvalue weighted by Gasteiger charge is 2.18. The number of benzene rings is 3. The van der Waals surface area contributed by atoms with Crippen LogP contribution in [-0.4, -0.2) is 19.7 Å².